The Balaban J connectivity index is 2.06. The summed E-state index contributed by atoms with van der Waals surface area (Å²) in [5, 5.41) is 3.83. The van der Waals surface area contributed by atoms with E-state index in [9.17, 15) is 0 Å². The Morgan fingerprint density at radius 2 is 1.84 bits per heavy atom. The molecule has 1 aromatic rings. The second-order valence-electron chi connectivity index (χ2n) is 5.99. The number of nitrogens with one attached hydrogen (secondary N) is 1. The highest BCUT2D eigenvalue weighted by Crippen LogP contribution is 2.35. The van der Waals surface area contributed by atoms with Crippen LogP contribution < -0.4 is 5.32 Å². The molecular weight excluding hydrogens is 250 g/mol. The van der Waals surface area contributed by atoms with E-state index >= 15 is 0 Å². The van der Waals surface area contributed by atoms with E-state index in [2.05, 4.69) is 31.3 Å². The van der Waals surface area contributed by atoms with Crippen LogP contribution in [0.5, 0.6) is 0 Å². The van der Waals surface area contributed by atoms with Gasteiger partial charge in [-0.15, -0.1) is 11.3 Å². The van der Waals surface area contributed by atoms with Crippen LogP contribution in [0.25, 0.3) is 0 Å². The first-order valence-electron chi connectivity index (χ1n) is 8.11. The van der Waals surface area contributed by atoms with Gasteiger partial charge in [-0.3, -0.25) is 0 Å². The predicted molar refractivity (Wildman–Crippen MR) is 85.9 cm³/mol. The van der Waals surface area contributed by atoms with Crippen molar-refractivity contribution in [1.82, 2.24) is 5.32 Å². The minimum absolute atomic E-state index is 0.608. The standard InChI is InChI=1S/C17H29NS/c1-3-13-18-17(16-12-11-14(2)19-16)15-9-7-5-4-6-8-10-15/h11-12,15,17-18H,3-10,13H2,1-2H3. The predicted octanol–water partition coefficient (Wildman–Crippen LogP) is 5.46. The fraction of sp³-hybridized carbons (Fsp3) is 0.765. The number of aryl methyl sites for hydroxylation is 1. The van der Waals surface area contributed by atoms with Crippen molar-refractivity contribution in [3.05, 3.63) is 21.9 Å². The number of hydrogen-bond acceptors (Lipinski definition) is 2. The van der Waals surface area contributed by atoms with E-state index in [-0.39, 0.29) is 0 Å². The molecule has 0 aliphatic heterocycles. The van der Waals surface area contributed by atoms with Crippen LogP contribution in [0.2, 0.25) is 0 Å². The lowest BCUT2D eigenvalue weighted by molar-refractivity contribution is 0.292. The quantitative estimate of drug-likeness (QED) is 0.755. The van der Waals surface area contributed by atoms with Gasteiger partial charge in [-0.2, -0.15) is 0 Å². The molecule has 2 heteroatoms. The summed E-state index contributed by atoms with van der Waals surface area (Å²) < 4.78 is 0. The van der Waals surface area contributed by atoms with Gasteiger partial charge in [0.15, 0.2) is 0 Å². The van der Waals surface area contributed by atoms with E-state index < -0.39 is 0 Å². The molecule has 1 aromatic heterocycles. The minimum atomic E-state index is 0.608. The van der Waals surface area contributed by atoms with Crippen molar-refractivity contribution in [2.45, 2.75) is 71.3 Å². The SMILES string of the molecule is CCCNC(c1ccc(C)s1)C1CCCCCCC1. The van der Waals surface area contributed by atoms with Crippen LogP contribution in [-0.4, -0.2) is 6.54 Å². The van der Waals surface area contributed by atoms with E-state index in [0.29, 0.717) is 6.04 Å². The Morgan fingerprint density at radius 3 is 2.42 bits per heavy atom. The maximum Gasteiger partial charge on any atom is 0.0443 e. The summed E-state index contributed by atoms with van der Waals surface area (Å²) in [6.45, 7) is 5.64. The summed E-state index contributed by atoms with van der Waals surface area (Å²) in [6, 6.07) is 5.24. The first-order chi connectivity index (χ1) is 9.31. The zero-order valence-electron chi connectivity index (χ0n) is 12.6. The summed E-state index contributed by atoms with van der Waals surface area (Å²) in [4.78, 5) is 3.01. The van der Waals surface area contributed by atoms with Crippen molar-refractivity contribution >= 4 is 11.3 Å². The fourth-order valence-electron chi connectivity index (χ4n) is 3.24. The molecule has 1 fully saturated rings. The molecular formula is C17H29NS. The number of hydrogen-bond donors (Lipinski definition) is 1. The van der Waals surface area contributed by atoms with E-state index in [1.165, 1.54) is 56.2 Å². The highest BCUT2D eigenvalue weighted by Gasteiger charge is 2.24. The Hall–Kier alpha value is -0.340. The number of rotatable bonds is 5. The van der Waals surface area contributed by atoms with Crippen molar-refractivity contribution in [3.8, 4) is 0 Å². The molecule has 0 saturated heterocycles. The van der Waals surface area contributed by atoms with E-state index in [1.807, 2.05) is 11.3 Å². The smallest absolute Gasteiger partial charge is 0.0443 e. The van der Waals surface area contributed by atoms with E-state index in [4.69, 9.17) is 0 Å². The average Bonchev–Trinajstić information content (AvgIpc) is 2.78. The van der Waals surface area contributed by atoms with Crippen LogP contribution in [-0.2, 0) is 0 Å². The van der Waals surface area contributed by atoms with Crippen LogP contribution in [0.3, 0.4) is 0 Å². The van der Waals surface area contributed by atoms with Crippen LogP contribution in [0.1, 0.15) is 74.1 Å². The van der Waals surface area contributed by atoms with Gasteiger partial charge < -0.3 is 5.32 Å². The molecule has 1 N–H and O–H groups in total. The topological polar surface area (TPSA) is 12.0 Å². The second kappa shape index (κ2) is 8.06. The normalized spacial score (nSPS) is 19.9. The van der Waals surface area contributed by atoms with Gasteiger partial charge in [-0.25, -0.2) is 0 Å². The highest BCUT2D eigenvalue weighted by atomic mass is 32.1. The molecule has 108 valence electrons. The maximum absolute atomic E-state index is 3.83. The highest BCUT2D eigenvalue weighted by molar-refractivity contribution is 7.12. The molecule has 1 aliphatic carbocycles. The number of thiophene rings is 1. The lowest BCUT2D eigenvalue weighted by Gasteiger charge is -2.29. The zero-order valence-corrected chi connectivity index (χ0v) is 13.4. The fourth-order valence-corrected chi connectivity index (χ4v) is 4.29. The lowest BCUT2D eigenvalue weighted by atomic mass is 9.85. The molecule has 0 spiro atoms. The third-order valence-corrected chi connectivity index (χ3v) is 5.39. The molecule has 0 bridgehead atoms. The first-order valence-corrected chi connectivity index (χ1v) is 8.92. The lowest BCUT2D eigenvalue weighted by Crippen LogP contribution is -2.29. The van der Waals surface area contributed by atoms with Crippen molar-refractivity contribution < 1.29 is 0 Å². The third-order valence-electron chi connectivity index (χ3n) is 4.30. The van der Waals surface area contributed by atoms with Gasteiger partial charge in [0.05, 0.1) is 0 Å². The van der Waals surface area contributed by atoms with Crippen LogP contribution in [0.4, 0.5) is 0 Å². The van der Waals surface area contributed by atoms with Gasteiger partial charge in [0, 0.05) is 15.8 Å². The Bertz CT molecular complexity index is 350. The third kappa shape index (κ3) is 4.61. The van der Waals surface area contributed by atoms with E-state index in [0.717, 1.165) is 12.5 Å². The van der Waals surface area contributed by atoms with Gasteiger partial charge in [0.2, 0.25) is 0 Å². The van der Waals surface area contributed by atoms with Crippen molar-refractivity contribution in [2.24, 2.45) is 5.92 Å². The molecule has 1 saturated carbocycles. The molecule has 0 aromatic carbocycles. The van der Waals surface area contributed by atoms with Gasteiger partial charge in [0.25, 0.3) is 0 Å². The molecule has 1 nitrogen and oxygen atoms in total. The molecule has 0 radical (unpaired) electrons. The molecule has 0 amide bonds. The summed E-state index contributed by atoms with van der Waals surface area (Å²) in [6.07, 6.45) is 11.3. The Kier molecular flexibility index (Phi) is 6.39. The molecule has 19 heavy (non-hydrogen) atoms. The van der Waals surface area contributed by atoms with Crippen molar-refractivity contribution in [1.29, 1.82) is 0 Å². The van der Waals surface area contributed by atoms with Crippen molar-refractivity contribution in [3.63, 3.8) is 0 Å². The summed E-state index contributed by atoms with van der Waals surface area (Å²) >= 11 is 1.99. The first kappa shape index (κ1) is 15.1. The van der Waals surface area contributed by atoms with Crippen LogP contribution >= 0.6 is 11.3 Å². The van der Waals surface area contributed by atoms with Crippen LogP contribution in [0.15, 0.2) is 12.1 Å². The summed E-state index contributed by atoms with van der Waals surface area (Å²) in [7, 11) is 0. The zero-order chi connectivity index (χ0) is 13.5. The van der Waals surface area contributed by atoms with E-state index in [1.54, 1.807) is 4.88 Å². The largest absolute Gasteiger partial charge is 0.309 e. The van der Waals surface area contributed by atoms with Crippen molar-refractivity contribution in [2.75, 3.05) is 6.54 Å². The Morgan fingerprint density at radius 1 is 1.16 bits per heavy atom. The molecule has 2 rings (SSSR count). The van der Waals surface area contributed by atoms with Gasteiger partial charge in [-0.05, 0) is 50.8 Å². The van der Waals surface area contributed by atoms with Gasteiger partial charge in [0.1, 0.15) is 0 Å². The monoisotopic (exact) mass is 279 g/mol. The van der Waals surface area contributed by atoms with Gasteiger partial charge in [-0.1, -0.05) is 39.0 Å². The summed E-state index contributed by atoms with van der Waals surface area (Å²) in [5.74, 6) is 0.852. The van der Waals surface area contributed by atoms with Crippen LogP contribution in [0, 0.1) is 12.8 Å². The maximum atomic E-state index is 3.83. The molecule has 1 aliphatic rings. The average molecular weight is 279 g/mol. The summed E-state index contributed by atoms with van der Waals surface area (Å²) in [5.41, 5.74) is 0. The second-order valence-corrected chi connectivity index (χ2v) is 7.30. The molecule has 1 atom stereocenters. The van der Waals surface area contributed by atoms with Gasteiger partial charge >= 0.3 is 0 Å². The molecule has 1 unspecified atom stereocenters. The minimum Gasteiger partial charge on any atom is -0.309 e. The molecule has 1 heterocycles. The Labute approximate surface area is 122 Å².